The molecule has 2 rings (SSSR count). The van der Waals surface area contributed by atoms with Crippen molar-refractivity contribution in [3.05, 3.63) is 0 Å². The highest BCUT2D eigenvalue weighted by molar-refractivity contribution is 8.01. The molecule has 0 bridgehead atoms. The zero-order valence-corrected chi connectivity index (χ0v) is 13.7. The highest BCUT2D eigenvalue weighted by atomic mass is 32.2. The average Bonchev–Trinajstić information content (AvgIpc) is 2.88. The summed E-state index contributed by atoms with van der Waals surface area (Å²) >= 11 is 1.77. The van der Waals surface area contributed by atoms with Gasteiger partial charge in [0.1, 0.15) is 5.37 Å². The minimum atomic E-state index is -2.97. The fourth-order valence-corrected chi connectivity index (χ4v) is 6.21. The Morgan fingerprint density at radius 2 is 2.21 bits per heavy atom. The smallest absolute Gasteiger partial charge is 0.166 e. The Morgan fingerprint density at radius 3 is 2.79 bits per heavy atom. The zero-order chi connectivity index (χ0) is 13.9. The molecule has 0 aromatic heterocycles. The molecule has 112 valence electrons. The van der Waals surface area contributed by atoms with Crippen LogP contribution in [0.25, 0.3) is 0 Å². The van der Waals surface area contributed by atoms with Gasteiger partial charge in [-0.15, -0.1) is 0 Å². The quantitative estimate of drug-likeness (QED) is 0.830. The molecule has 0 aromatic rings. The third kappa shape index (κ3) is 3.46. The molecule has 0 aromatic carbocycles. The Kier molecular flexibility index (Phi) is 5.20. The van der Waals surface area contributed by atoms with Gasteiger partial charge in [0.05, 0.1) is 0 Å². The molecule has 2 aliphatic rings. The molecule has 4 nitrogen and oxygen atoms in total. The second-order valence-corrected chi connectivity index (χ2v) is 9.21. The molecule has 2 saturated heterocycles. The lowest BCUT2D eigenvalue weighted by molar-refractivity contribution is 0.184. The highest BCUT2D eigenvalue weighted by Crippen LogP contribution is 2.28. The van der Waals surface area contributed by atoms with Crippen molar-refractivity contribution in [2.45, 2.75) is 44.0 Å². The summed E-state index contributed by atoms with van der Waals surface area (Å²) in [5.41, 5.74) is 0.142. The number of thioether (sulfide) groups is 1. The van der Waals surface area contributed by atoms with E-state index in [4.69, 9.17) is 0 Å². The van der Waals surface area contributed by atoms with Crippen LogP contribution in [0.2, 0.25) is 0 Å². The first-order valence-electron chi connectivity index (χ1n) is 7.31. The van der Waals surface area contributed by atoms with Gasteiger partial charge in [-0.1, -0.05) is 13.8 Å². The summed E-state index contributed by atoms with van der Waals surface area (Å²) < 4.78 is 24.5. The van der Waals surface area contributed by atoms with Gasteiger partial charge in [0.25, 0.3) is 0 Å². The molecule has 1 N–H and O–H groups in total. The fraction of sp³-hybridized carbons (Fsp3) is 1.00. The van der Waals surface area contributed by atoms with E-state index < -0.39 is 9.84 Å². The average molecular weight is 306 g/mol. The first-order valence-corrected chi connectivity index (χ1v) is 10.2. The number of nitrogens with zero attached hydrogens (tertiary/aromatic N) is 1. The third-order valence-corrected chi connectivity index (χ3v) is 7.85. The van der Waals surface area contributed by atoms with Gasteiger partial charge in [0.2, 0.25) is 0 Å². The maximum absolute atomic E-state index is 12.3. The molecule has 2 fully saturated rings. The minimum Gasteiger partial charge on any atom is -0.310 e. The van der Waals surface area contributed by atoms with Crippen LogP contribution >= 0.6 is 11.8 Å². The number of hydrogen-bond acceptors (Lipinski definition) is 5. The zero-order valence-electron chi connectivity index (χ0n) is 12.0. The Balaban J connectivity index is 2.12. The van der Waals surface area contributed by atoms with Crippen LogP contribution in [0.3, 0.4) is 0 Å². The summed E-state index contributed by atoms with van der Waals surface area (Å²) in [5, 5.41) is 3.34. The van der Waals surface area contributed by atoms with E-state index in [-0.39, 0.29) is 16.7 Å². The third-order valence-electron chi connectivity index (χ3n) is 4.52. The Labute approximate surface area is 121 Å². The van der Waals surface area contributed by atoms with Gasteiger partial charge < -0.3 is 5.32 Å². The fourth-order valence-electron chi connectivity index (χ4n) is 3.13. The van der Waals surface area contributed by atoms with Crippen molar-refractivity contribution in [3.63, 3.8) is 0 Å². The molecule has 6 heteroatoms. The predicted octanol–water partition coefficient (Wildman–Crippen LogP) is 1.33. The van der Waals surface area contributed by atoms with Crippen LogP contribution in [0.15, 0.2) is 0 Å². The molecule has 0 aliphatic carbocycles. The van der Waals surface area contributed by atoms with Crippen molar-refractivity contribution in [2.75, 3.05) is 36.9 Å². The first-order chi connectivity index (χ1) is 9.03. The summed E-state index contributed by atoms with van der Waals surface area (Å²) in [6.45, 7) is 6.82. The summed E-state index contributed by atoms with van der Waals surface area (Å²) in [5.74, 6) is 2.03. The molecule has 0 amide bonds. The van der Waals surface area contributed by atoms with Crippen LogP contribution in [0, 0.1) is 0 Å². The molecule has 0 spiro atoms. The van der Waals surface area contributed by atoms with Crippen molar-refractivity contribution >= 4 is 21.6 Å². The molecule has 0 saturated carbocycles. The summed E-state index contributed by atoms with van der Waals surface area (Å²) in [7, 11) is -2.97. The predicted molar refractivity (Wildman–Crippen MR) is 82.4 cm³/mol. The standard InChI is InChI=1S/C13H26N2O2S2/c1-3-13(6-5-7-14-13)11-15-8-9-18-10-12(15)19(16,17)4-2/h12,14H,3-11H2,1-2H3. The number of rotatable bonds is 5. The van der Waals surface area contributed by atoms with E-state index in [9.17, 15) is 8.42 Å². The lowest BCUT2D eigenvalue weighted by Crippen LogP contribution is -2.56. The van der Waals surface area contributed by atoms with Gasteiger partial charge in [-0.2, -0.15) is 11.8 Å². The maximum Gasteiger partial charge on any atom is 0.166 e. The molecule has 2 aliphatic heterocycles. The van der Waals surface area contributed by atoms with Crippen molar-refractivity contribution in [1.29, 1.82) is 0 Å². The van der Waals surface area contributed by atoms with Gasteiger partial charge in [-0.3, -0.25) is 4.90 Å². The van der Waals surface area contributed by atoms with E-state index in [2.05, 4.69) is 17.1 Å². The molecule has 2 atom stereocenters. The van der Waals surface area contributed by atoms with E-state index in [0.29, 0.717) is 0 Å². The lowest BCUT2D eigenvalue weighted by atomic mass is 9.93. The van der Waals surface area contributed by atoms with Gasteiger partial charge in [0, 0.05) is 35.9 Å². The Morgan fingerprint density at radius 1 is 1.42 bits per heavy atom. The summed E-state index contributed by atoms with van der Waals surface area (Å²) in [6.07, 6.45) is 3.46. The topological polar surface area (TPSA) is 49.4 Å². The molecule has 2 unspecified atom stereocenters. The number of sulfone groups is 1. The number of hydrogen-bond donors (Lipinski definition) is 1. The van der Waals surface area contributed by atoms with E-state index >= 15 is 0 Å². The van der Waals surface area contributed by atoms with Crippen LogP contribution in [-0.2, 0) is 9.84 Å². The summed E-state index contributed by atoms with van der Waals surface area (Å²) in [4.78, 5) is 2.22. The van der Waals surface area contributed by atoms with Gasteiger partial charge in [0.15, 0.2) is 9.84 Å². The molecule has 19 heavy (non-hydrogen) atoms. The first kappa shape index (κ1) is 15.6. The van der Waals surface area contributed by atoms with Crippen molar-refractivity contribution in [3.8, 4) is 0 Å². The van der Waals surface area contributed by atoms with E-state index in [1.807, 2.05) is 0 Å². The molecule has 2 heterocycles. The molecular formula is C13H26N2O2S2. The minimum absolute atomic E-state index is 0.142. The van der Waals surface area contributed by atoms with E-state index in [1.54, 1.807) is 18.7 Å². The van der Waals surface area contributed by atoms with Gasteiger partial charge >= 0.3 is 0 Å². The second kappa shape index (κ2) is 6.33. The number of nitrogens with one attached hydrogen (secondary N) is 1. The van der Waals surface area contributed by atoms with Crippen LogP contribution in [0.5, 0.6) is 0 Å². The Bertz CT molecular complexity index is 391. The van der Waals surface area contributed by atoms with Crippen molar-refractivity contribution in [1.82, 2.24) is 10.2 Å². The second-order valence-electron chi connectivity index (χ2n) is 5.62. The van der Waals surface area contributed by atoms with E-state index in [0.717, 1.165) is 37.6 Å². The molecular weight excluding hydrogens is 280 g/mol. The van der Waals surface area contributed by atoms with Crippen LogP contribution in [0.4, 0.5) is 0 Å². The van der Waals surface area contributed by atoms with Crippen LogP contribution < -0.4 is 5.32 Å². The summed E-state index contributed by atoms with van der Waals surface area (Å²) in [6, 6.07) is 0. The van der Waals surface area contributed by atoms with Crippen LogP contribution in [-0.4, -0.2) is 61.1 Å². The highest BCUT2D eigenvalue weighted by Gasteiger charge is 2.39. The Hall–Kier alpha value is 0.220. The van der Waals surface area contributed by atoms with Gasteiger partial charge in [-0.25, -0.2) is 8.42 Å². The van der Waals surface area contributed by atoms with Crippen molar-refractivity contribution < 1.29 is 8.42 Å². The SMILES string of the molecule is CCC1(CN2CCSCC2S(=O)(=O)CC)CCCN1. The molecule has 0 radical (unpaired) electrons. The van der Waals surface area contributed by atoms with Crippen molar-refractivity contribution in [2.24, 2.45) is 0 Å². The van der Waals surface area contributed by atoms with Crippen LogP contribution in [0.1, 0.15) is 33.1 Å². The maximum atomic E-state index is 12.3. The monoisotopic (exact) mass is 306 g/mol. The normalized spacial score (nSPS) is 33.7. The van der Waals surface area contributed by atoms with Gasteiger partial charge in [-0.05, 0) is 25.8 Å². The largest absolute Gasteiger partial charge is 0.310 e. The lowest BCUT2D eigenvalue weighted by Gasteiger charge is -2.41. The van der Waals surface area contributed by atoms with E-state index in [1.165, 1.54) is 12.8 Å².